The molecule has 2 aliphatic heterocycles. The number of fused-ring (bicyclic) bond motifs is 1. The number of carbonyl (C=O) groups excluding carboxylic acids is 1. The molecule has 2 aliphatic rings. The van der Waals surface area contributed by atoms with E-state index in [9.17, 15) is 4.79 Å². The van der Waals surface area contributed by atoms with Crippen LogP contribution in [0.25, 0.3) is 0 Å². The number of hydrogen-bond donors (Lipinski definition) is 0. The lowest BCUT2D eigenvalue weighted by Gasteiger charge is -2.36. The Balaban J connectivity index is 1.50. The average Bonchev–Trinajstić information content (AvgIpc) is 3.30. The van der Waals surface area contributed by atoms with Gasteiger partial charge in [-0.1, -0.05) is 5.16 Å². The molecule has 0 unspecified atom stereocenters. The highest BCUT2D eigenvalue weighted by Gasteiger charge is 2.42. The second-order valence-electron chi connectivity index (χ2n) is 6.47. The van der Waals surface area contributed by atoms with E-state index >= 15 is 0 Å². The lowest BCUT2D eigenvalue weighted by Crippen LogP contribution is -2.50. The van der Waals surface area contributed by atoms with Crippen molar-refractivity contribution in [2.75, 3.05) is 26.2 Å². The monoisotopic (exact) mass is 331 g/mol. The summed E-state index contributed by atoms with van der Waals surface area (Å²) in [5, 5.41) is 4.04. The molecule has 24 heavy (non-hydrogen) atoms. The number of hydrogen-bond acceptors (Lipinski definition) is 6. The van der Waals surface area contributed by atoms with E-state index < -0.39 is 0 Å². The highest BCUT2D eigenvalue weighted by atomic mass is 16.5. The van der Waals surface area contributed by atoms with Crippen molar-refractivity contribution in [3.63, 3.8) is 0 Å². The van der Waals surface area contributed by atoms with Crippen LogP contribution in [0.3, 0.4) is 0 Å². The Labute approximate surface area is 140 Å². The normalized spacial score (nSPS) is 24.3. The van der Waals surface area contributed by atoms with E-state index in [0.29, 0.717) is 25.3 Å². The minimum Gasteiger partial charge on any atom is -0.472 e. The van der Waals surface area contributed by atoms with Gasteiger partial charge in [-0.3, -0.25) is 9.69 Å². The largest absolute Gasteiger partial charge is 0.472 e. The van der Waals surface area contributed by atoms with Gasteiger partial charge in [-0.25, -0.2) is 0 Å². The molecule has 7 nitrogen and oxygen atoms in total. The topological polar surface area (TPSA) is 72.0 Å². The van der Waals surface area contributed by atoms with Gasteiger partial charge >= 0.3 is 0 Å². The Kier molecular flexibility index (Phi) is 3.90. The molecular weight excluding hydrogens is 310 g/mol. The predicted molar refractivity (Wildman–Crippen MR) is 84.5 cm³/mol. The molecule has 0 saturated carbocycles. The van der Waals surface area contributed by atoms with E-state index in [-0.39, 0.29) is 18.1 Å². The lowest BCUT2D eigenvalue weighted by molar-refractivity contribution is -0.0505. The van der Waals surface area contributed by atoms with Gasteiger partial charge in [0.2, 0.25) is 0 Å². The third-order valence-electron chi connectivity index (χ3n) is 5.01. The van der Waals surface area contributed by atoms with Crippen LogP contribution in [-0.4, -0.2) is 59.3 Å². The minimum absolute atomic E-state index is 0.000890. The molecule has 0 spiro atoms. The molecule has 2 atom stereocenters. The quantitative estimate of drug-likeness (QED) is 0.851. The zero-order valence-electron chi connectivity index (χ0n) is 13.9. The molecule has 2 saturated heterocycles. The van der Waals surface area contributed by atoms with Gasteiger partial charge in [-0.05, 0) is 19.9 Å². The fourth-order valence-electron chi connectivity index (χ4n) is 3.62. The smallest absolute Gasteiger partial charge is 0.257 e. The Hall–Kier alpha value is -2.12. The summed E-state index contributed by atoms with van der Waals surface area (Å²) in [7, 11) is 0. The molecule has 0 bridgehead atoms. The van der Waals surface area contributed by atoms with Crippen LogP contribution in [-0.2, 0) is 11.3 Å². The van der Waals surface area contributed by atoms with E-state index in [2.05, 4.69) is 10.1 Å². The molecule has 1 amide bonds. The summed E-state index contributed by atoms with van der Waals surface area (Å²) in [4.78, 5) is 16.8. The maximum absolute atomic E-state index is 12.6. The number of carbonyl (C=O) groups is 1. The first kappa shape index (κ1) is 15.4. The van der Waals surface area contributed by atoms with E-state index in [4.69, 9.17) is 13.7 Å². The number of furan rings is 1. The highest BCUT2D eigenvalue weighted by Crippen LogP contribution is 2.27. The Bertz CT molecular complexity index is 705. The second kappa shape index (κ2) is 6.07. The molecule has 4 rings (SSSR count). The van der Waals surface area contributed by atoms with Crippen LogP contribution in [0.2, 0.25) is 0 Å². The van der Waals surface area contributed by atoms with Gasteiger partial charge in [0, 0.05) is 31.7 Å². The number of aromatic nitrogens is 1. The van der Waals surface area contributed by atoms with Crippen LogP contribution in [0.1, 0.15) is 27.4 Å². The van der Waals surface area contributed by atoms with E-state index in [0.717, 1.165) is 30.1 Å². The maximum atomic E-state index is 12.6. The van der Waals surface area contributed by atoms with Crippen molar-refractivity contribution in [1.29, 1.82) is 0 Å². The van der Waals surface area contributed by atoms with Crippen molar-refractivity contribution in [2.24, 2.45) is 0 Å². The second-order valence-corrected chi connectivity index (χ2v) is 6.47. The van der Waals surface area contributed by atoms with E-state index in [1.807, 2.05) is 18.7 Å². The predicted octanol–water partition coefficient (Wildman–Crippen LogP) is 1.61. The summed E-state index contributed by atoms with van der Waals surface area (Å²) >= 11 is 0. The molecule has 7 heteroatoms. The number of rotatable bonds is 3. The number of ether oxygens (including phenoxy) is 1. The van der Waals surface area contributed by atoms with Crippen LogP contribution in [0, 0.1) is 13.8 Å². The summed E-state index contributed by atoms with van der Waals surface area (Å²) in [5.41, 5.74) is 2.65. The van der Waals surface area contributed by atoms with Crippen LogP contribution in [0.4, 0.5) is 0 Å². The van der Waals surface area contributed by atoms with Crippen molar-refractivity contribution in [1.82, 2.24) is 15.0 Å². The van der Waals surface area contributed by atoms with Gasteiger partial charge in [0.25, 0.3) is 5.91 Å². The zero-order chi connectivity index (χ0) is 16.7. The van der Waals surface area contributed by atoms with E-state index in [1.54, 1.807) is 6.07 Å². The molecule has 0 N–H and O–H groups in total. The zero-order valence-corrected chi connectivity index (χ0v) is 13.9. The third-order valence-corrected chi connectivity index (χ3v) is 5.01. The first-order valence-corrected chi connectivity index (χ1v) is 8.22. The fraction of sp³-hybridized carbons (Fsp3) is 0.529. The minimum atomic E-state index is -0.000890. The van der Waals surface area contributed by atoms with Crippen molar-refractivity contribution in [2.45, 2.75) is 32.5 Å². The molecule has 2 fully saturated rings. The number of morpholine rings is 1. The van der Waals surface area contributed by atoms with Crippen molar-refractivity contribution in [3.8, 4) is 0 Å². The van der Waals surface area contributed by atoms with E-state index in [1.165, 1.54) is 12.5 Å². The Morgan fingerprint density at radius 2 is 2.25 bits per heavy atom. The Morgan fingerprint density at radius 1 is 1.38 bits per heavy atom. The SMILES string of the molecule is Cc1noc(C)c1CN1CCO[C@@H]2CN(C(=O)c3ccoc3)C[C@@H]21. The van der Waals surface area contributed by atoms with Gasteiger partial charge in [0.15, 0.2) is 0 Å². The van der Waals surface area contributed by atoms with Gasteiger partial charge in [0.05, 0.1) is 36.3 Å². The van der Waals surface area contributed by atoms with Gasteiger partial charge in [0.1, 0.15) is 12.0 Å². The first-order valence-electron chi connectivity index (χ1n) is 8.22. The van der Waals surface area contributed by atoms with Gasteiger partial charge < -0.3 is 18.6 Å². The molecule has 128 valence electrons. The lowest BCUT2D eigenvalue weighted by atomic mass is 10.1. The van der Waals surface area contributed by atoms with Crippen LogP contribution in [0.5, 0.6) is 0 Å². The van der Waals surface area contributed by atoms with Crippen LogP contribution in [0.15, 0.2) is 27.5 Å². The number of aryl methyl sites for hydroxylation is 2. The molecule has 2 aromatic heterocycles. The van der Waals surface area contributed by atoms with Gasteiger partial charge in [-0.15, -0.1) is 0 Å². The molecular formula is C17H21N3O4. The summed E-state index contributed by atoms with van der Waals surface area (Å²) < 4.78 is 16.2. The molecule has 2 aromatic rings. The van der Waals surface area contributed by atoms with Crippen molar-refractivity contribution < 1.29 is 18.5 Å². The standard InChI is InChI=1S/C17H21N3O4/c1-11-14(12(2)24-18-11)7-19-4-6-23-16-9-20(8-15(16)19)17(21)13-3-5-22-10-13/h3,5,10,15-16H,4,6-9H2,1-2H3/t15-,16+/m0/s1. The summed E-state index contributed by atoms with van der Waals surface area (Å²) in [6.07, 6.45) is 3.07. The molecule has 0 aromatic carbocycles. The molecule has 0 aliphatic carbocycles. The third kappa shape index (κ3) is 2.63. The maximum Gasteiger partial charge on any atom is 0.257 e. The summed E-state index contributed by atoms with van der Waals surface area (Å²) in [5.74, 6) is 0.860. The van der Waals surface area contributed by atoms with Crippen molar-refractivity contribution in [3.05, 3.63) is 41.2 Å². The van der Waals surface area contributed by atoms with Gasteiger partial charge in [-0.2, -0.15) is 0 Å². The molecule has 0 radical (unpaired) electrons. The van der Waals surface area contributed by atoms with Crippen LogP contribution >= 0.6 is 0 Å². The number of nitrogens with zero attached hydrogens (tertiary/aromatic N) is 3. The van der Waals surface area contributed by atoms with Crippen molar-refractivity contribution >= 4 is 5.91 Å². The number of amides is 1. The number of likely N-dealkylation sites (tertiary alicyclic amines) is 1. The van der Waals surface area contributed by atoms with Crippen LogP contribution < -0.4 is 0 Å². The summed E-state index contributed by atoms with van der Waals surface area (Å²) in [6.45, 7) is 7.49. The summed E-state index contributed by atoms with van der Waals surface area (Å²) in [6, 6.07) is 1.90. The average molecular weight is 331 g/mol. The first-order chi connectivity index (χ1) is 11.6. The Morgan fingerprint density at radius 3 is 2.96 bits per heavy atom. The highest BCUT2D eigenvalue weighted by molar-refractivity contribution is 5.94. The molecule has 4 heterocycles. The fourth-order valence-corrected chi connectivity index (χ4v) is 3.62.